The van der Waals surface area contributed by atoms with Crippen molar-refractivity contribution in [3.8, 4) is 0 Å². The maximum absolute atomic E-state index is 11.8. The minimum Gasteiger partial charge on any atom is -0.397 e. The third kappa shape index (κ3) is 2.56. The summed E-state index contributed by atoms with van der Waals surface area (Å²) in [6.07, 6.45) is 1.71. The van der Waals surface area contributed by atoms with E-state index in [2.05, 4.69) is 0 Å². The Morgan fingerprint density at radius 2 is 1.82 bits per heavy atom. The molecule has 0 unspecified atom stereocenters. The van der Waals surface area contributed by atoms with Gasteiger partial charge in [0, 0.05) is 12.3 Å². The van der Waals surface area contributed by atoms with Crippen LogP contribution >= 0.6 is 0 Å². The Morgan fingerprint density at radius 3 is 2.47 bits per heavy atom. The van der Waals surface area contributed by atoms with Crippen LogP contribution in [0.2, 0.25) is 0 Å². The highest BCUT2D eigenvalue weighted by molar-refractivity contribution is 5.43. The topological polar surface area (TPSA) is 48.0 Å². The third-order valence-corrected chi connectivity index (χ3v) is 2.85. The molecule has 3 heteroatoms. The first-order valence-corrected chi connectivity index (χ1v) is 5.58. The maximum Gasteiger partial charge on any atom is 0.251 e. The molecule has 0 spiro atoms. The van der Waals surface area contributed by atoms with Crippen molar-refractivity contribution in [2.45, 2.75) is 20.4 Å². The van der Waals surface area contributed by atoms with E-state index < -0.39 is 0 Å². The highest BCUT2D eigenvalue weighted by atomic mass is 16.1. The largest absolute Gasteiger partial charge is 0.397 e. The van der Waals surface area contributed by atoms with Crippen LogP contribution in [0.3, 0.4) is 0 Å². The monoisotopic (exact) mass is 228 g/mol. The first-order chi connectivity index (χ1) is 8.06. The molecule has 1 heterocycles. The molecule has 0 fully saturated rings. The van der Waals surface area contributed by atoms with Gasteiger partial charge in [-0.2, -0.15) is 0 Å². The molecule has 1 aromatic heterocycles. The number of nitrogens with zero attached hydrogens (tertiary/aromatic N) is 1. The van der Waals surface area contributed by atoms with Crippen molar-refractivity contribution in [2.75, 3.05) is 5.73 Å². The Hall–Kier alpha value is -2.03. The van der Waals surface area contributed by atoms with Crippen molar-refractivity contribution in [3.63, 3.8) is 0 Å². The molecule has 0 saturated heterocycles. The average Bonchev–Trinajstić information content (AvgIpc) is 2.29. The number of hydrogen-bond acceptors (Lipinski definition) is 2. The van der Waals surface area contributed by atoms with Gasteiger partial charge in [0.25, 0.3) is 5.56 Å². The van der Waals surface area contributed by atoms with Gasteiger partial charge in [0.2, 0.25) is 0 Å². The standard InChI is InChI=1S/C14H16N2O/c1-10-3-5-12(6-4-10)8-16-9-13(15)11(2)7-14(16)17/h3-7,9H,8,15H2,1-2H3. The van der Waals surface area contributed by atoms with Gasteiger partial charge in [-0.15, -0.1) is 0 Å². The van der Waals surface area contributed by atoms with Gasteiger partial charge in [-0.1, -0.05) is 29.8 Å². The van der Waals surface area contributed by atoms with E-state index in [1.807, 2.05) is 38.1 Å². The van der Waals surface area contributed by atoms with Crippen LogP contribution < -0.4 is 11.3 Å². The summed E-state index contributed by atoms with van der Waals surface area (Å²) in [5, 5.41) is 0. The Bertz CT molecular complexity index is 582. The predicted molar refractivity (Wildman–Crippen MR) is 70.1 cm³/mol. The molecule has 0 aliphatic heterocycles. The summed E-state index contributed by atoms with van der Waals surface area (Å²) in [6, 6.07) is 9.70. The zero-order valence-corrected chi connectivity index (χ0v) is 10.1. The summed E-state index contributed by atoms with van der Waals surface area (Å²) in [7, 11) is 0. The number of aryl methyl sites for hydroxylation is 2. The lowest BCUT2D eigenvalue weighted by atomic mass is 10.1. The zero-order valence-electron chi connectivity index (χ0n) is 10.1. The number of anilines is 1. The molecule has 0 atom stereocenters. The molecule has 0 aliphatic carbocycles. The number of aromatic nitrogens is 1. The molecule has 0 saturated carbocycles. The van der Waals surface area contributed by atoms with Crippen LogP contribution in [0, 0.1) is 13.8 Å². The van der Waals surface area contributed by atoms with E-state index in [1.165, 1.54) is 5.56 Å². The van der Waals surface area contributed by atoms with Crippen LogP contribution in [0.1, 0.15) is 16.7 Å². The first kappa shape index (κ1) is 11.5. The Kier molecular flexibility index (Phi) is 3.00. The molecule has 2 aromatic rings. The van der Waals surface area contributed by atoms with Gasteiger partial charge < -0.3 is 10.3 Å². The summed E-state index contributed by atoms with van der Waals surface area (Å²) in [5.41, 5.74) is 9.58. The van der Waals surface area contributed by atoms with Crippen LogP contribution in [0.15, 0.2) is 41.3 Å². The van der Waals surface area contributed by atoms with Crippen LogP contribution in [0.25, 0.3) is 0 Å². The second-order valence-electron chi connectivity index (χ2n) is 4.36. The number of benzene rings is 1. The predicted octanol–water partition coefficient (Wildman–Crippen LogP) is 2.10. The first-order valence-electron chi connectivity index (χ1n) is 5.58. The molecule has 0 aliphatic rings. The molecule has 0 bridgehead atoms. The summed E-state index contributed by atoms with van der Waals surface area (Å²) in [6.45, 7) is 4.44. The van der Waals surface area contributed by atoms with Crippen molar-refractivity contribution >= 4 is 5.69 Å². The molecule has 3 nitrogen and oxygen atoms in total. The maximum atomic E-state index is 11.8. The summed E-state index contributed by atoms with van der Waals surface area (Å²) in [4.78, 5) is 11.8. The van der Waals surface area contributed by atoms with E-state index in [0.717, 1.165) is 11.1 Å². The van der Waals surface area contributed by atoms with Gasteiger partial charge in [0.15, 0.2) is 0 Å². The van der Waals surface area contributed by atoms with Crippen molar-refractivity contribution in [3.05, 3.63) is 63.6 Å². The SMILES string of the molecule is Cc1ccc(Cn2cc(N)c(C)cc2=O)cc1. The molecule has 2 N–H and O–H groups in total. The highest BCUT2D eigenvalue weighted by Gasteiger charge is 2.01. The minimum absolute atomic E-state index is 0.0164. The van der Waals surface area contributed by atoms with Crippen LogP contribution in [0.5, 0.6) is 0 Å². The van der Waals surface area contributed by atoms with E-state index in [4.69, 9.17) is 5.73 Å². The van der Waals surface area contributed by atoms with Crippen LogP contribution in [-0.2, 0) is 6.54 Å². The number of pyridine rings is 1. The normalized spacial score (nSPS) is 10.5. The number of rotatable bonds is 2. The van der Waals surface area contributed by atoms with Crippen molar-refractivity contribution < 1.29 is 0 Å². The van der Waals surface area contributed by atoms with Gasteiger partial charge >= 0.3 is 0 Å². The van der Waals surface area contributed by atoms with Crippen LogP contribution in [0.4, 0.5) is 5.69 Å². The van der Waals surface area contributed by atoms with E-state index in [-0.39, 0.29) is 5.56 Å². The third-order valence-electron chi connectivity index (χ3n) is 2.85. The fourth-order valence-electron chi connectivity index (χ4n) is 1.70. The summed E-state index contributed by atoms with van der Waals surface area (Å²) >= 11 is 0. The van der Waals surface area contributed by atoms with Gasteiger partial charge in [-0.05, 0) is 25.0 Å². The average molecular weight is 228 g/mol. The molecule has 1 aromatic carbocycles. The van der Waals surface area contributed by atoms with Gasteiger partial charge in [0.1, 0.15) is 0 Å². The second kappa shape index (κ2) is 4.45. The highest BCUT2D eigenvalue weighted by Crippen LogP contribution is 2.08. The number of hydrogen-bond donors (Lipinski definition) is 1. The molecule has 2 rings (SSSR count). The zero-order chi connectivity index (χ0) is 12.4. The van der Waals surface area contributed by atoms with E-state index >= 15 is 0 Å². The van der Waals surface area contributed by atoms with Gasteiger partial charge in [-0.3, -0.25) is 4.79 Å². The van der Waals surface area contributed by atoms with Gasteiger partial charge in [-0.25, -0.2) is 0 Å². The molecule has 0 radical (unpaired) electrons. The fourth-order valence-corrected chi connectivity index (χ4v) is 1.70. The lowest BCUT2D eigenvalue weighted by molar-refractivity contribution is 0.759. The van der Waals surface area contributed by atoms with E-state index in [0.29, 0.717) is 12.2 Å². The van der Waals surface area contributed by atoms with Gasteiger partial charge in [0.05, 0.1) is 12.2 Å². The van der Waals surface area contributed by atoms with E-state index in [1.54, 1.807) is 16.8 Å². The molecule has 88 valence electrons. The lowest BCUT2D eigenvalue weighted by Crippen LogP contribution is -2.20. The van der Waals surface area contributed by atoms with Crippen LogP contribution in [-0.4, -0.2) is 4.57 Å². The summed E-state index contributed by atoms with van der Waals surface area (Å²) in [5.74, 6) is 0. The Labute approximate surface area is 101 Å². The Balaban J connectivity index is 2.33. The second-order valence-corrected chi connectivity index (χ2v) is 4.36. The molecular weight excluding hydrogens is 212 g/mol. The fraction of sp³-hybridized carbons (Fsp3) is 0.214. The number of nitrogens with two attached hydrogens (primary N) is 1. The lowest BCUT2D eigenvalue weighted by Gasteiger charge is -2.08. The van der Waals surface area contributed by atoms with E-state index in [9.17, 15) is 4.79 Å². The smallest absolute Gasteiger partial charge is 0.251 e. The number of nitrogen functional groups attached to an aromatic ring is 1. The molecule has 17 heavy (non-hydrogen) atoms. The quantitative estimate of drug-likeness (QED) is 0.855. The van der Waals surface area contributed by atoms with Crippen molar-refractivity contribution in [2.24, 2.45) is 0 Å². The molecular formula is C14H16N2O. The Morgan fingerprint density at radius 1 is 1.18 bits per heavy atom. The molecule has 0 amide bonds. The van der Waals surface area contributed by atoms with Crippen molar-refractivity contribution in [1.29, 1.82) is 0 Å². The summed E-state index contributed by atoms with van der Waals surface area (Å²) < 4.78 is 1.63. The minimum atomic E-state index is -0.0164. The van der Waals surface area contributed by atoms with Crippen molar-refractivity contribution in [1.82, 2.24) is 4.57 Å².